The van der Waals surface area contributed by atoms with E-state index in [-0.39, 0.29) is 0 Å². The zero-order valence-electron chi connectivity index (χ0n) is 22.5. The molecule has 1 fully saturated rings. The highest BCUT2D eigenvalue weighted by molar-refractivity contribution is 7.73. The monoisotopic (exact) mass is 537 g/mol. The maximum Gasteiger partial charge on any atom is 0.0272 e. The molecule has 3 heteroatoms. The molecule has 0 bridgehead atoms. The average Bonchev–Trinajstić information content (AvgIpc) is 3.13. The summed E-state index contributed by atoms with van der Waals surface area (Å²) in [6.07, 6.45) is 13.3. The van der Waals surface area contributed by atoms with Crippen LogP contribution in [0.25, 0.3) is 0 Å². The fraction of sp³-hybridized carbons (Fsp3) is 0.314. The predicted octanol–water partition coefficient (Wildman–Crippen LogP) is 7.97. The number of hydrogen-bond acceptors (Lipinski definition) is 1. The van der Waals surface area contributed by atoms with Crippen molar-refractivity contribution in [3.8, 4) is 0 Å². The first kappa shape index (κ1) is 27.3. The van der Waals surface area contributed by atoms with Crippen LogP contribution >= 0.6 is 15.8 Å². The second kappa shape index (κ2) is 14.7. The molecule has 4 aromatic carbocycles. The Hall–Kier alpha value is -2.30. The van der Waals surface area contributed by atoms with Crippen molar-refractivity contribution in [3.63, 3.8) is 0 Å². The SMILES string of the molecule is c1ccc(P(CN(CP(c2ccccc2)c2ccccc2)C2CCCCCCCC2)c2ccccc2)cc1. The van der Waals surface area contributed by atoms with Gasteiger partial charge in [-0.15, -0.1) is 0 Å². The van der Waals surface area contributed by atoms with Crippen LogP contribution < -0.4 is 21.2 Å². The third-order valence-corrected chi connectivity index (χ3v) is 12.7. The summed E-state index contributed by atoms with van der Waals surface area (Å²) in [7, 11) is -0.938. The van der Waals surface area contributed by atoms with Gasteiger partial charge in [-0.2, -0.15) is 0 Å². The Labute approximate surface area is 232 Å². The molecule has 1 saturated carbocycles. The van der Waals surface area contributed by atoms with Crippen LogP contribution in [0.2, 0.25) is 0 Å². The lowest BCUT2D eigenvalue weighted by Crippen LogP contribution is -2.39. The van der Waals surface area contributed by atoms with Crippen molar-refractivity contribution >= 4 is 37.1 Å². The smallest absolute Gasteiger partial charge is 0.0272 e. The van der Waals surface area contributed by atoms with Gasteiger partial charge in [0.05, 0.1) is 0 Å². The summed E-state index contributed by atoms with van der Waals surface area (Å²) in [5.74, 6) is 0. The lowest BCUT2D eigenvalue weighted by atomic mass is 10.0. The van der Waals surface area contributed by atoms with E-state index in [1.165, 1.54) is 72.6 Å². The van der Waals surface area contributed by atoms with E-state index >= 15 is 0 Å². The van der Waals surface area contributed by atoms with Gasteiger partial charge in [0, 0.05) is 18.6 Å². The average molecular weight is 538 g/mol. The summed E-state index contributed by atoms with van der Waals surface area (Å²) < 4.78 is 0. The molecule has 38 heavy (non-hydrogen) atoms. The van der Waals surface area contributed by atoms with Crippen LogP contribution in [0.15, 0.2) is 121 Å². The lowest BCUT2D eigenvalue weighted by molar-refractivity contribution is 0.235. The Morgan fingerprint density at radius 3 is 1.03 bits per heavy atom. The van der Waals surface area contributed by atoms with Gasteiger partial charge < -0.3 is 0 Å². The van der Waals surface area contributed by atoms with Crippen LogP contribution in [0.4, 0.5) is 0 Å². The van der Waals surface area contributed by atoms with Crippen LogP contribution in [-0.4, -0.2) is 23.5 Å². The molecule has 0 atom stereocenters. The van der Waals surface area contributed by atoms with E-state index in [9.17, 15) is 0 Å². The van der Waals surface area contributed by atoms with Crippen molar-refractivity contribution in [2.45, 2.75) is 57.4 Å². The number of rotatable bonds is 9. The normalized spacial score (nSPS) is 15.3. The van der Waals surface area contributed by atoms with Crippen molar-refractivity contribution in [1.29, 1.82) is 0 Å². The summed E-state index contributed by atoms with van der Waals surface area (Å²) in [5.41, 5.74) is 0. The second-order valence-electron chi connectivity index (χ2n) is 10.4. The van der Waals surface area contributed by atoms with E-state index in [1.807, 2.05) is 0 Å². The van der Waals surface area contributed by atoms with Crippen LogP contribution in [-0.2, 0) is 0 Å². The van der Waals surface area contributed by atoms with Gasteiger partial charge in [-0.3, -0.25) is 4.90 Å². The molecule has 1 aliphatic rings. The molecule has 0 aliphatic heterocycles. The minimum atomic E-state index is -0.469. The lowest BCUT2D eigenvalue weighted by Gasteiger charge is -2.38. The van der Waals surface area contributed by atoms with E-state index in [0.29, 0.717) is 6.04 Å². The number of benzene rings is 4. The summed E-state index contributed by atoms with van der Waals surface area (Å²) in [4.78, 5) is 2.95. The molecular weight excluding hydrogens is 496 g/mol. The van der Waals surface area contributed by atoms with Gasteiger partial charge in [-0.05, 0) is 49.9 Å². The van der Waals surface area contributed by atoms with Crippen molar-refractivity contribution in [3.05, 3.63) is 121 Å². The summed E-state index contributed by atoms with van der Waals surface area (Å²) in [6.45, 7) is 0. The molecular formula is C35H41NP2. The van der Waals surface area contributed by atoms with Crippen LogP contribution in [0, 0.1) is 0 Å². The quantitative estimate of drug-likeness (QED) is 0.196. The topological polar surface area (TPSA) is 3.24 Å². The summed E-state index contributed by atoms with van der Waals surface area (Å²) in [6, 6.07) is 45.9. The van der Waals surface area contributed by atoms with Gasteiger partial charge in [-0.1, -0.05) is 160 Å². The Morgan fingerprint density at radius 2 is 0.711 bits per heavy atom. The minimum Gasteiger partial charge on any atom is -0.291 e. The highest BCUT2D eigenvalue weighted by atomic mass is 31.1. The largest absolute Gasteiger partial charge is 0.291 e. The molecule has 0 unspecified atom stereocenters. The summed E-state index contributed by atoms with van der Waals surface area (Å²) in [5, 5.41) is 5.96. The molecule has 0 spiro atoms. The highest BCUT2D eigenvalue weighted by Crippen LogP contribution is 2.41. The van der Waals surface area contributed by atoms with E-state index < -0.39 is 15.8 Å². The van der Waals surface area contributed by atoms with Gasteiger partial charge in [0.1, 0.15) is 0 Å². The van der Waals surface area contributed by atoms with Gasteiger partial charge in [0.25, 0.3) is 0 Å². The number of nitrogens with zero attached hydrogens (tertiary/aromatic N) is 1. The van der Waals surface area contributed by atoms with E-state index in [0.717, 1.165) is 12.6 Å². The Kier molecular flexibility index (Phi) is 10.6. The third kappa shape index (κ3) is 7.64. The maximum absolute atomic E-state index is 2.95. The van der Waals surface area contributed by atoms with E-state index in [2.05, 4.69) is 126 Å². The van der Waals surface area contributed by atoms with Crippen molar-refractivity contribution in [2.24, 2.45) is 0 Å². The molecule has 5 rings (SSSR count). The molecule has 0 radical (unpaired) electrons. The molecule has 0 amide bonds. The molecule has 196 valence electrons. The molecule has 0 saturated heterocycles. The van der Waals surface area contributed by atoms with Crippen molar-refractivity contribution < 1.29 is 0 Å². The Bertz CT molecular complexity index is 1010. The van der Waals surface area contributed by atoms with Gasteiger partial charge in [0.2, 0.25) is 0 Å². The van der Waals surface area contributed by atoms with Crippen LogP contribution in [0.5, 0.6) is 0 Å². The second-order valence-corrected chi connectivity index (χ2v) is 14.8. The first-order valence-corrected chi connectivity index (χ1v) is 17.4. The molecule has 4 aromatic rings. The minimum absolute atomic E-state index is 0.469. The summed E-state index contributed by atoms with van der Waals surface area (Å²) >= 11 is 0. The van der Waals surface area contributed by atoms with Crippen LogP contribution in [0.1, 0.15) is 51.4 Å². The molecule has 0 aromatic heterocycles. The zero-order valence-corrected chi connectivity index (χ0v) is 24.3. The number of hydrogen-bond donors (Lipinski definition) is 0. The third-order valence-electron chi connectivity index (χ3n) is 7.76. The Balaban J connectivity index is 1.52. The highest BCUT2D eigenvalue weighted by Gasteiger charge is 2.27. The van der Waals surface area contributed by atoms with E-state index in [1.54, 1.807) is 0 Å². The molecule has 1 nitrogen and oxygen atoms in total. The fourth-order valence-corrected chi connectivity index (χ4v) is 10.6. The molecule has 0 N–H and O–H groups in total. The zero-order chi connectivity index (χ0) is 25.8. The van der Waals surface area contributed by atoms with Gasteiger partial charge >= 0.3 is 0 Å². The van der Waals surface area contributed by atoms with Gasteiger partial charge in [0.15, 0.2) is 0 Å². The predicted molar refractivity (Wildman–Crippen MR) is 170 cm³/mol. The standard InChI is InChI=1S/C35H41NP2/c1-2-4-10-20-31(19-9-3-1)36(29-37(32-21-11-5-12-22-32)33-23-13-6-14-24-33)30-38(34-25-15-7-16-26-34)35-27-17-8-18-28-35/h5-8,11-18,21-28,31H,1-4,9-10,19-20,29-30H2. The van der Waals surface area contributed by atoms with E-state index in [4.69, 9.17) is 0 Å². The molecule has 1 aliphatic carbocycles. The first-order valence-electron chi connectivity index (χ1n) is 14.4. The van der Waals surface area contributed by atoms with Crippen molar-refractivity contribution in [2.75, 3.05) is 12.6 Å². The molecule has 0 heterocycles. The first-order chi connectivity index (χ1) is 18.9. The Morgan fingerprint density at radius 1 is 0.421 bits per heavy atom. The maximum atomic E-state index is 2.95. The fourth-order valence-electron chi connectivity index (χ4n) is 5.67. The van der Waals surface area contributed by atoms with Crippen LogP contribution in [0.3, 0.4) is 0 Å². The van der Waals surface area contributed by atoms with Gasteiger partial charge in [-0.25, -0.2) is 0 Å². The van der Waals surface area contributed by atoms with Crippen molar-refractivity contribution in [1.82, 2.24) is 4.90 Å².